The van der Waals surface area contributed by atoms with E-state index in [2.05, 4.69) is 5.32 Å². The van der Waals surface area contributed by atoms with Gasteiger partial charge in [0.15, 0.2) is 0 Å². The summed E-state index contributed by atoms with van der Waals surface area (Å²) in [5, 5.41) is 9.88. The van der Waals surface area contributed by atoms with Crippen molar-refractivity contribution in [3.8, 4) is 0 Å². The lowest BCUT2D eigenvalue weighted by molar-refractivity contribution is -0.138. The molecule has 0 saturated heterocycles. The molecule has 1 heterocycles. The Labute approximate surface area is 241 Å². The first-order valence-electron chi connectivity index (χ1n) is 13.9. The summed E-state index contributed by atoms with van der Waals surface area (Å²) in [4.78, 5) is 27.7. The smallest absolute Gasteiger partial charge is 0.400 e. The number of rotatable bonds is 8. The average Bonchev–Trinajstić information content (AvgIpc) is 3.04. The molecule has 9 heteroatoms. The molecular formula is C32H43F3N2O4. The molecule has 0 unspecified atom stereocenters. The minimum Gasteiger partial charge on any atom is -0.400 e. The zero-order valence-corrected chi connectivity index (χ0v) is 25.1. The van der Waals surface area contributed by atoms with E-state index in [4.69, 9.17) is 9.84 Å². The number of anilines is 1. The molecule has 2 N–H and O–H groups in total. The Morgan fingerprint density at radius 1 is 1.15 bits per heavy atom. The number of nitrogens with one attached hydrogen (secondary N) is 1. The molecule has 3 rings (SSSR count). The van der Waals surface area contributed by atoms with Gasteiger partial charge in [-0.25, -0.2) is 0 Å². The van der Waals surface area contributed by atoms with Crippen LogP contribution in [0.2, 0.25) is 0 Å². The fourth-order valence-electron chi connectivity index (χ4n) is 4.73. The number of carbonyl (C=O) groups is 2. The van der Waals surface area contributed by atoms with Crippen molar-refractivity contribution in [3.63, 3.8) is 0 Å². The van der Waals surface area contributed by atoms with Gasteiger partial charge in [0, 0.05) is 44.3 Å². The van der Waals surface area contributed by atoms with Crippen molar-refractivity contribution in [2.45, 2.75) is 85.7 Å². The van der Waals surface area contributed by atoms with E-state index < -0.39 is 17.3 Å². The number of benzene rings is 2. The molecule has 0 spiro atoms. The van der Waals surface area contributed by atoms with Gasteiger partial charge in [-0.15, -0.1) is 0 Å². The van der Waals surface area contributed by atoms with Crippen molar-refractivity contribution in [2.24, 2.45) is 5.92 Å². The number of aliphatic hydroxyl groups excluding tert-OH is 1. The molecule has 1 aliphatic heterocycles. The van der Waals surface area contributed by atoms with Gasteiger partial charge in [0.1, 0.15) is 0 Å². The number of amides is 2. The summed E-state index contributed by atoms with van der Waals surface area (Å²) in [6.45, 7) is 12.9. The third-order valence-electron chi connectivity index (χ3n) is 7.13. The van der Waals surface area contributed by atoms with E-state index in [0.29, 0.717) is 41.9 Å². The highest BCUT2D eigenvalue weighted by atomic mass is 19.4. The van der Waals surface area contributed by atoms with Crippen LogP contribution in [0.4, 0.5) is 18.9 Å². The minimum absolute atomic E-state index is 0.0282. The van der Waals surface area contributed by atoms with E-state index in [0.717, 1.165) is 43.2 Å². The van der Waals surface area contributed by atoms with E-state index in [1.807, 2.05) is 58.6 Å². The van der Waals surface area contributed by atoms with Gasteiger partial charge in [-0.05, 0) is 85.7 Å². The van der Waals surface area contributed by atoms with Crippen molar-refractivity contribution in [1.82, 2.24) is 4.90 Å². The molecule has 0 aromatic heterocycles. The van der Waals surface area contributed by atoms with Crippen LogP contribution in [0.15, 0.2) is 42.5 Å². The van der Waals surface area contributed by atoms with Crippen LogP contribution in [0.5, 0.6) is 0 Å². The van der Waals surface area contributed by atoms with Crippen molar-refractivity contribution in [3.05, 3.63) is 70.3 Å². The molecule has 0 bridgehead atoms. The minimum atomic E-state index is -4.46. The lowest BCUT2D eigenvalue weighted by Crippen LogP contribution is -2.35. The summed E-state index contributed by atoms with van der Waals surface area (Å²) in [6, 6.07) is 9.15. The van der Waals surface area contributed by atoms with Gasteiger partial charge < -0.3 is 20.1 Å². The van der Waals surface area contributed by atoms with Crippen LogP contribution in [-0.2, 0) is 33.7 Å². The number of aliphatic hydroxyl groups is 1. The molecule has 1 aliphatic rings. The molecule has 1 atom stereocenters. The average molecular weight is 577 g/mol. The number of halogens is 3. The maximum absolute atomic E-state index is 13.3. The second kappa shape index (κ2) is 14.6. The monoisotopic (exact) mass is 576 g/mol. The SMILES string of the molecule is CCCN(Cc1ccc(NC(=O)/C=C2\CC(C)(C)OCc3cc(C(F)(F)F)ccc32)cc1C)C(=O)[C@H](C)CC.CO. The molecule has 41 heavy (non-hydrogen) atoms. The largest absolute Gasteiger partial charge is 0.416 e. The lowest BCUT2D eigenvalue weighted by Gasteiger charge is -2.26. The first-order chi connectivity index (χ1) is 19.2. The molecular weight excluding hydrogens is 533 g/mol. The Kier molecular flexibility index (Phi) is 12.2. The molecule has 226 valence electrons. The molecule has 0 aliphatic carbocycles. The molecule has 0 fully saturated rings. The number of nitrogens with zero attached hydrogens (tertiary/aromatic N) is 1. The van der Waals surface area contributed by atoms with Gasteiger partial charge in [0.2, 0.25) is 11.8 Å². The van der Waals surface area contributed by atoms with E-state index in [9.17, 15) is 22.8 Å². The Balaban J connectivity index is 0.00000287. The summed E-state index contributed by atoms with van der Waals surface area (Å²) in [5.74, 6) is -0.269. The van der Waals surface area contributed by atoms with Crippen LogP contribution >= 0.6 is 0 Å². The first kappa shape index (κ1) is 34.0. The van der Waals surface area contributed by atoms with E-state index in [-0.39, 0.29) is 24.3 Å². The summed E-state index contributed by atoms with van der Waals surface area (Å²) in [6.07, 6.45) is -0.993. The predicted octanol–water partition coefficient (Wildman–Crippen LogP) is 7.13. The molecule has 2 amide bonds. The second-order valence-electron chi connectivity index (χ2n) is 11.0. The number of alkyl halides is 3. The summed E-state index contributed by atoms with van der Waals surface area (Å²) < 4.78 is 45.7. The van der Waals surface area contributed by atoms with Gasteiger partial charge in [-0.3, -0.25) is 9.59 Å². The van der Waals surface area contributed by atoms with Gasteiger partial charge in [0.05, 0.1) is 17.8 Å². The quantitative estimate of drug-likeness (QED) is 0.328. The highest BCUT2D eigenvalue weighted by molar-refractivity contribution is 6.04. The number of aryl methyl sites for hydroxylation is 1. The van der Waals surface area contributed by atoms with Crippen molar-refractivity contribution >= 4 is 23.1 Å². The Hall–Kier alpha value is -3.17. The normalized spacial score (nSPS) is 16.1. The second-order valence-corrected chi connectivity index (χ2v) is 11.0. The van der Waals surface area contributed by atoms with Crippen LogP contribution < -0.4 is 5.32 Å². The Bertz CT molecular complexity index is 1240. The van der Waals surface area contributed by atoms with Gasteiger partial charge >= 0.3 is 6.18 Å². The number of ether oxygens (including phenoxy) is 1. The zero-order chi connectivity index (χ0) is 31.0. The number of fused-ring (bicyclic) bond motifs is 1. The third kappa shape index (κ3) is 9.43. The Morgan fingerprint density at radius 2 is 1.83 bits per heavy atom. The fraction of sp³-hybridized carbons (Fsp3) is 0.500. The molecule has 0 radical (unpaired) electrons. The van der Waals surface area contributed by atoms with Crippen LogP contribution in [0.1, 0.15) is 81.7 Å². The highest BCUT2D eigenvalue weighted by Crippen LogP contribution is 2.38. The zero-order valence-electron chi connectivity index (χ0n) is 25.1. The third-order valence-corrected chi connectivity index (χ3v) is 7.13. The van der Waals surface area contributed by atoms with Gasteiger partial charge in [-0.2, -0.15) is 13.2 Å². The maximum Gasteiger partial charge on any atom is 0.416 e. The topological polar surface area (TPSA) is 78.9 Å². The molecule has 2 aromatic rings. The fourth-order valence-corrected chi connectivity index (χ4v) is 4.73. The lowest BCUT2D eigenvalue weighted by atomic mass is 9.91. The van der Waals surface area contributed by atoms with Crippen molar-refractivity contribution < 1.29 is 32.6 Å². The van der Waals surface area contributed by atoms with E-state index >= 15 is 0 Å². The summed E-state index contributed by atoms with van der Waals surface area (Å²) in [5.41, 5.74) is 2.76. The first-order valence-corrected chi connectivity index (χ1v) is 13.9. The van der Waals surface area contributed by atoms with Crippen LogP contribution in [-0.4, -0.2) is 41.1 Å². The summed E-state index contributed by atoms with van der Waals surface area (Å²) >= 11 is 0. The maximum atomic E-state index is 13.3. The van der Waals surface area contributed by atoms with Crippen LogP contribution in [0.25, 0.3) is 5.57 Å². The van der Waals surface area contributed by atoms with E-state index in [1.165, 1.54) is 12.1 Å². The highest BCUT2D eigenvalue weighted by Gasteiger charge is 2.33. The van der Waals surface area contributed by atoms with Gasteiger partial charge in [0.25, 0.3) is 0 Å². The Morgan fingerprint density at radius 3 is 2.41 bits per heavy atom. The number of carbonyl (C=O) groups excluding carboxylic acids is 2. The number of hydrogen-bond acceptors (Lipinski definition) is 4. The molecule has 0 saturated carbocycles. The molecule has 6 nitrogen and oxygen atoms in total. The van der Waals surface area contributed by atoms with E-state index in [1.54, 1.807) is 6.07 Å². The van der Waals surface area contributed by atoms with Crippen LogP contribution in [0.3, 0.4) is 0 Å². The standard InChI is InChI=1S/C31H39F3N2O3.CH4O/c1-7-13-36(29(38)20(3)8-2)18-22-9-11-26(14-21(22)4)35-28(37)16-23-17-30(5,6)39-19-24-15-25(31(32,33)34)10-12-27(23)24;1-2/h9-12,14-16,20H,7-8,13,17-19H2,1-6H3,(H,35,37);2H,1H3/b23-16+;/t20-;/m1./s1. The van der Waals surface area contributed by atoms with Gasteiger partial charge in [-0.1, -0.05) is 32.9 Å². The van der Waals surface area contributed by atoms with Crippen LogP contribution in [0, 0.1) is 12.8 Å². The predicted molar refractivity (Wildman–Crippen MR) is 156 cm³/mol. The van der Waals surface area contributed by atoms with Crippen molar-refractivity contribution in [1.29, 1.82) is 0 Å². The number of hydrogen-bond donors (Lipinski definition) is 2. The molecule has 2 aromatic carbocycles. The van der Waals surface area contributed by atoms with Crippen molar-refractivity contribution in [2.75, 3.05) is 19.0 Å². The summed E-state index contributed by atoms with van der Waals surface area (Å²) in [7, 11) is 1.00.